The van der Waals surface area contributed by atoms with E-state index in [-0.39, 0.29) is 5.56 Å². The normalized spacial score (nSPS) is 21.6. The molecule has 2 rings (SSSR count). The van der Waals surface area contributed by atoms with Crippen molar-refractivity contribution in [3.63, 3.8) is 0 Å². The molecule has 0 heterocycles. The van der Waals surface area contributed by atoms with E-state index >= 15 is 0 Å². The Bertz CT molecular complexity index is 456. The van der Waals surface area contributed by atoms with E-state index in [0.29, 0.717) is 18.4 Å². The summed E-state index contributed by atoms with van der Waals surface area (Å²) >= 11 is 0. The fourth-order valence-corrected chi connectivity index (χ4v) is 2.20. The molecular formula is C14H17FN2O. The molecule has 0 aliphatic heterocycles. The number of nitrogens with one attached hydrogen (secondary N) is 1. The van der Waals surface area contributed by atoms with Gasteiger partial charge in [-0.05, 0) is 42.5 Å². The third-order valence-electron chi connectivity index (χ3n) is 3.35. The van der Waals surface area contributed by atoms with E-state index in [1.165, 1.54) is 6.07 Å². The van der Waals surface area contributed by atoms with Crippen molar-refractivity contribution in [3.8, 4) is 6.07 Å². The third-order valence-corrected chi connectivity index (χ3v) is 3.35. The molecule has 0 bridgehead atoms. The van der Waals surface area contributed by atoms with E-state index in [4.69, 9.17) is 10.00 Å². The predicted molar refractivity (Wildman–Crippen MR) is 66.7 cm³/mol. The Hall–Kier alpha value is -1.44. The highest BCUT2D eigenvalue weighted by Gasteiger charge is 2.37. The lowest BCUT2D eigenvalue weighted by atomic mass is 10.1. The van der Waals surface area contributed by atoms with Gasteiger partial charge in [0, 0.05) is 13.7 Å². The fraction of sp³-hybridized carbons (Fsp3) is 0.500. The van der Waals surface area contributed by atoms with Crippen molar-refractivity contribution in [3.05, 3.63) is 35.1 Å². The van der Waals surface area contributed by atoms with Crippen LogP contribution in [0, 0.1) is 23.1 Å². The van der Waals surface area contributed by atoms with E-state index in [2.05, 4.69) is 5.32 Å². The maximum absolute atomic E-state index is 13.2. The molecule has 2 atom stereocenters. The largest absolute Gasteiger partial charge is 0.383 e. The number of methoxy groups -OCH3 is 1. The number of benzene rings is 1. The van der Waals surface area contributed by atoms with Crippen LogP contribution in [0.15, 0.2) is 18.2 Å². The van der Waals surface area contributed by atoms with Crippen LogP contribution in [0.4, 0.5) is 4.39 Å². The fourth-order valence-electron chi connectivity index (χ4n) is 2.20. The molecular weight excluding hydrogens is 231 g/mol. The Morgan fingerprint density at radius 1 is 1.56 bits per heavy atom. The number of nitriles is 1. The van der Waals surface area contributed by atoms with Gasteiger partial charge in [-0.1, -0.05) is 6.07 Å². The minimum absolute atomic E-state index is 0.144. The SMILES string of the molecule is COCCNCC1CC1c1ccc(F)c(C#N)c1. The van der Waals surface area contributed by atoms with Crippen LogP contribution in [-0.4, -0.2) is 26.8 Å². The molecule has 0 aromatic heterocycles. The van der Waals surface area contributed by atoms with Crippen LogP contribution >= 0.6 is 0 Å². The highest BCUT2D eigenvalue weighted by molar-refractivity contribution is 5.38. The van der Waals surface area contributed by atoms with Crippen molar-refractivity contribution >= 4 is 0 Å². The Labute approximate surface area is 107 Å². The van der Waals surface area contributed by atoms with Crippen LogP contribution < -0.4 is 5.32 Å². The van der Waals surface area contributed by atoms with Gasteiger partial charge in [0.15, 0.2) is 0 Å². The monoisotopic (exact) mass is 248 g/mol. The van der Waals surface area contributed by atoms with Gasteiger partial charge in [0.05, 0.1) is 12.2 Å². The molecule has 18 heavy (non-hydrogen) atoms. The van der Waals surface area contributed by atoms with Gasteiger partial charge in [0.2, 0.25) is 0 Å². The first kappa shape index (κ1) is 13.0. The highest BCUT2D eigenvalue weighted by atomic mass is 19.1. The quantitative estimate of drug-likeness (QED) is 0.783. The number of ether oxygens (including phenoxy) is 1. The standard InChI is InChI=1S/C14H17FN2O/c1-18-5-4-17-9-12-7-13(12)10-2-3-14(15)11(6-10)8-16/h2-3,6,12-13,17H,4-5,7,9H2,1H3. The van der Waals surface area contributed by atoms with Gasteiger partial charge in [-0.3, -0.25) is 0 Å². The molecule has 1 fully saturated rings. The number of hydrogen-bond acceptors (Lipinski definition) is 3. The second-order valence-electron chi connectivity index (χ2n) is 4.65. The summed E-state index contributed by atoms with van der Waals surface area (Å²) in [5.41, 5.74) is 1.22. The van der Waals surface area contributed by atoms with Crippen molar-refractivity contribution in [1.82, 2.24) is 5.32 Å². The maximum atomic E-state index is 13.2. The first-order chi connectivity index (χ1) is 8.76. The molecule has 1 saturated carbocycles. The Kier molecular flexibility index (Phi) is 4.29. The first-order valence-electron chi connectivity index (χ1n) is 6.15. The average molecular weight is 248 g/mol. The average Bonchev–Trinajstić information content (AvgIpc) is 3.15. The predicted octanol–water partition coefficient (Wildman–Crippen LogP) is 2.04. The summed E-state index contributed by atoms with van der Waals surface area (Å²) in [6, 6.07) is 6.74. The third kappa shape index (κ3) is 3.06. The summed E-state index contributed by atoms with van der Waals surface area (Å²) in [5.74, 6) is 0.628. The second-order valence-corrected chi connectivity index (χ2v) is 4.65. The van der Waals surface area contributed by atoms with Crippen molar-refractivity contribution in [2.75, 3.05) is 26.8 Å². The lowest BCUT2D eigenvalue weighted by molar-refractivity contribution is 0.199. The molecule has 1 aliphatic rings. The van der Waals surface area contributed by atoms with E-state index in [9.17, 15) is 4.39 Å². The van der Waals surface area contributed by atoms with Gasteiger partial charge >= 0.3 is 0 Å². The van der Waals surface area contributed by atoms with Crippen LogP contribution in [0.25, 0.3) is 0 Å². The van der Waals surface area contributed by atoms with E-state index in [1.54, 1.807) is 19.2 Å². The molecule has 1 aliphatic carbocycles. The number of halogens is 1. The number of hydrogen-bond donors (Lipinski definition) is 1. The van der Waals surface area contributed by atoms with Gasteiger partial charge in [0.25, 0.3) is 0 Å². The van der Waals surface area contributed by atoms with Crippen LogP contribution in [0.2, 0.25) is 0 Å². The summed E-state index contributed by atoms with van der Waals surface area (Å²) < 4.78 is 18.1. The lowest BCUT2D eigenvalue weighted by Gasteiger charge is -2.04. The number of nitrogens with zero attached hydrogens (tertiary/aromatic N) is 1. The topological polar surface area (TPSA) is 45.0 Å². The van der Waals surface area contributed by atoms with Gasteiger partial charge in [-0.2, -0.15) is 5.26 Å². The lowest BCUT2D eigenvalue weighted by Crippen LogP contribution is -2.21. The van der Waals surface area contributed by atoms with Gasteiger partial charge < -0.3 is 10.1 Å². The van der Waals surface area contributed by atoms with Gasteiger partial charge in [-0.25, -0.2) is 4.39 Å². The van der Waals surface area contributed by atoms with Crippen molar-refractivity contribution < 1.29 is 9.13 Å². The smallest absolute Gasteiger partial charge is 0.140 e. The van der Waals surface area contributed by atoms with Crippen LogP contribution in [0.5, 0.6) is 0 Å². The zero-order chi connectivity index (χ0) is 13.0. The zero-order valence-corrected chi connectivity index (χ0v) is 10.4. The summed E-state index contributed by atoms with van der Waals surface area (Å²) in [6.45, 7) is 2.52. The minimum Gasteiger partial charge on any atom is -0.383 e. The van der Waals surface area contributed by atoms with Gasteiger partial charge in [-0.15, -0.1) is 0 Å². The van der Waals surface area contributed by atoms with E-state index < -0.39 is 5.82 Å². The minimum atomic E-state index is -0.434. The van der Waals surface area contributed by atoms with Crippen molar-refractivity contribution in [2.24, 2.45) is 5.92 Å². The molecule has 0 amide bonds. The summed E-state index contributed by atoms with van der Waals surface area (Å²) in [6.07, 6.45) is 1.11. The number of rotatable bonds is 6. The Balaban J connectivity index is 1.86. The van der Waals surface area contributed by atoms with E-state index in [1.807, 2.05) is 6.07 Å². The van der Waals surface area contributed by atoms with Crippen molar-refractivity contribution in [1.29, 1.82) is 5.26 Å². The molecule has 1 aromatic rings. The molecule has 1 N–H and O–H groups in total. The van der Waals surface area contributed by atoms with Crippen molar-refractivity contribution in [2.45, 2.75) is 12.3 Å². The van der Waals surface area contributed by atoms with E-state index in [0.717, 1.165) is 25.1 Å². The molecule has 3 nitrogen and oxygen atoms in total. The van der Waals surface area contributed by atoms with Crippen LogP contribution in [0.3, 0.4) is 0 Å². The Morgan fingerprint density at radius 2 is 2.39 bits per heavy atom. The van der Waals surface area contributed by atoms with Gasteiger partial charge in [0.1, 0.15) is 11.9 Å². The second kappa shape index (κ2) is 5.94. The molecule has 4 heteroatoms. The van der Waals surface area contributed by atoms with Crippen LogP contribution in [0.1, 0.15) is 23.5 Å². The molecule has 0 radical (unpaired) electrons. The highest BCUT2D eigenvalue weighted by Crippen LogP contribution is 2.47. The maximum Gasteiger partial charge on any atom is 0.140 e. The Morgan fingerprint density at radius 3 is 3.11 bits per heavy atom. The summed E-state index contributed by atoms with van der Waals surface area (Å²) in [4.78, 5) is 0. The molecule has 1 aromatic carbocycles. The summed E-state index contributed by atoms with van der Waals surface area (Å²) in [5, 5.41) is 12.1. The van der Waals surface area contributed by atoms with Crippen LogP contribution in [-0.2, 0) is 4.74 Å². The molecule has 0 spiro atoms. The molecule has 96 valence electrons. The summed E-state index contributed by atoms with van der Waals surface area (Å²) in [7, 11) is 1.68. The molecule has 2 unspecified atom stereocenters. The molecule has 0 saturated heterocycles. The first-order valence-corrected chi connectivity index (χ1v) is 6.15. The zero-order valence-electron chi connectivity index (χ0n) is 10.4.